The molecule has 1 aliphatic heterocycles. The molecule has 0 aliphatic carbocycles. The maximum Gasteiger partial charge on any atom is 0.227 e. The predicted octanol–water partition coefficient (Wildman–Crippen LogP) is 3.47. The highest BCUT2D eigenvalue weighted by Gasteiger charge is 2.40. The number of nitrogens with zero attached hydrogens (tertiary/aromatic N) is 1. The van der Waals surface area contributed by atoms with Crippen molar-refractivity contribution in [1.29, 1.82) is 0 Å². The van der Waals surface area contributed by atoms with Crippen molar-refractivity contribution in [3.05, 3.63) is 57.0 Å². The minimum absolute atomic E-state index is 0.0315. The minimum atomic E-state index is -3.30. The van der Waals surface area contributed by atoms with Gasteiger partial charge in [0.1, 0.15) is 11.1 Å². The lowest BCUT2D eigenvalue weighted by Crippen LogP contribution is -2.51. The second-order valence-electron chi connectivity index (χ2n) is 6.15. The second-order valence-corrected chi connectivity index (χ2v) is 9.77. The molecule has 3 rings (SSSR count). The fraction of sp³-hybridized carbons (Fsp3) is 0.353. The number of carbonyl (C=O) groups excluding carboxylic acids is 1. The Bertz CT molecular complexity index is 883. The molecule has 1 aromatic carbocycles. The second kappa shape index (κ2) is 7.05. The Morgan fingerprint density at radius 2 is 2.16 bits per heavy atom. The van der Waals surface area contributed by atoms with E-state index in [0.717, 1.165) is 4.88 Å². The van der Waals surface area contributed by atoms with E-state index in [1.54, 1.807) is 24.0 Å². The van der Waals surface area contributed by atoms with E-state index in [0.29, 0.717) is 5.56 Å². The van der Waals surface area contributed by atoms with Crippen molar-refractivity contribution in [3.63, 3.8) is 0 Å². The Kier molecular flexibility index (Phi) is 5.18. The summed E-state index contributed by atoms with van der Waals surface area (Å²) in [6.45, 7) is 1.87. The molecule has 25 heavy (non-hydrogen) atoms. The van der Waals surface area contributed by atoms with Gasteiger partial charge in [-0.1, -0.05) is 23.7 Å². The number of sulfone groups is 1. The zero-order valence-corrected chi connectivity index (χ0v) is 15.9. The van der Waals surface area contributed by atoms with Gasteiger partial charge in [-0.05, 0) is 36.1 Å². The number of hydrogen-bond donors (Lipinski definition) is 0. The average Bonchev–Trinajstić information content (AvgIpc) is 3.04. The standard InChI is InChI=1S/C17H17ClFNO3S2/c1-11-10-25(22,23)16(15-3-2-6-24-15)9-20(11)17(21)8-12-4-5-14(19)13(18)7-12/h2-7,11,16H,8-10H2,1H3/t11-,16-/m1/s1. The number of halogens is 2. The van der Waals surface area contributed by atoms with Crippen molar-refractivity contribution < 1.29 is 17.6 Å². The van der Waals surface area contributed by atoms with Crippen molar-refractivity contribution >= 4 is 38.7 Å². The fourth-order valence-corrected chi connectivity index (χ4v) is 6.44. The molecular weight excluding hydrogens is 385 g/mol. The third-order valence-corrected chi connectivity index (χ3v) is 7.96. The first-order valence-electron chi connectivity index (χ1n) is 7.76. The maximum atomic E-state index is 13.3. The first-order chi connectivity index (χ1) is 11.8. The van der Waals surface area contributed by atoms with E-state index in [9.17, 15) is 17.6 Å². The summed E-state index contributed by atoms with van der Waals surface area (Å²) < 4.78 is 38.3. The summed E-state index contributed by atoms with van der Waals surface area (Å²) in [6, 6.07) is 7.36. The van der Waals surface area contributed by atoms with Gasteiger partial charge in [-0.15, -0.1) is 11.3 Å². The van der Waals surface area contributed by atoms with Gasteiger partial charge in [-0.25, -0.2) is 12.8 Å². The molecule has 1 saturated heterocycles. The van der Waals surface area contributed by atoms with Crippen LogP contribution >= 0.6 is 22.9 Å². The first kappa shape index (κ1) is 18.4. The number of carbonyl (C=O) groups is 1. The van der Waals surface area contributed by atoms with Crippen LogP contribution in [-0.2, 0) is 21.1 Å². The molecule has 0 N–H and O–H groups in total. The van der Waals surface area contributed by atoms with Gasteiger partial charge in [0.25, 0.3) is 0 Å². The van der Waals surface area contributed by atoms with Crippen LogP contribution in [-0.4, -0.2) is 37.6 Å². The smallest absolute Gasteiger partial charge is 0.227 e. The molecule has 0 spiro atoms. The highest BCUT2D eigenvalue weighted by molar-refractivity contribution is 7.91. The molecule has 0 bridgehead atoms. The molecule has 1 amide bonds. The van der Waals surface area contributed by atoms with E-state index in [2.05, 4.69) is 0 Å². The van der Waals surface area contributed by atoms with Gasteiger partial charge in [-0.2, -0.15) is 0 Å². The molecule has 0 unspecified atom stereocenters. The van der Waals surface area contributed by atoms with Crippen LogP contribution < -0.4 is 0 Å². The molecule has 4 nitrogen and oxygen atoms in total. The van der Waals surface area contributed by atoms with Gasteiger partial charge in [0.2, 0.25) is 5.91 Å². The average molecular weight is 402 g/mol. The number of hydrogen-bond acceptors (Lipinski definition) is 4. The normalized spacial score (nSPS) is 22.8. The summed E-state index contributed by atoms with van der Waals surface area (Å²) in [5.41, 5.74) is 0.602. The van der Waals surface area contributed by atoms with Crippen LogP contribution in [0, 0.1) is 5.82 Å². The number of thiophene rings is 1. The lowest BCUT2D eigenvalue weighted by Gasteiger charge is -2.37. The molecule has 0 radical (unpaired) electrons. The van der Waals surface area contributed by atoms with E-state index >= 15 is 0 Å². The summed E-state index contributed by atoms with van der Waals surface area (Å²) in [4.78, 5) is 15.0. The molecule has 2 heterocycles. The summed E-state index contributed by atoms with van der Waals surface area (Å²) in [6.07, 6.45) is 0.0571. The SMILES string of the molecule is C[C@@H]1CS(=O)(=O)[C@@H](c2cccs2)CN1C(=O)Cc1ccc(F)c(Cl)c1. The van der Waals surface area contributed by atoms with Crippen molar-refractivity contribution in [1.82, 2.24) is 4.90 Å². The molecule has 1 aliphatic rings. The van der Waals surface area contributed by atoms with Crippen molar-refractivity contribution in [2.24, 2.45) is 0 Å². The number of rotatable bonds is 3. The van der Waals surface area contributed by atoms with Crippen molar-refractivity contribution in [2.45, 2.75) is 24.6 Å². The van der Waals surface area contributed by atoms with Gasteiger partial charge < -0.3 is 4.90 Å². The number of benzene rings is 1. The molecule has 2 atom stereocenters. The lowest BCUT2D eigenvalue weighted by molar-refractivity contribution is -0.132. The van der Waals surface area contributed by atoms with Gasteiger partial charge in [0.05, 0.1) is 17.2 Å². The van der Waals surface area contributed by atoms with Crippen LogP contribution in [0.3, 0.4) is 0 Å². The maximum absolute atomic E-state index is 13.3. The fourth-order valence-electron chi connectivity index (χ4n) is 3.03. The molecule has 1 fully saturated rings. The van der Waals surface area contributed by atoms with Crippen molar-refractivity contribution in [2.75, 3.05) is 12.3 Å². The summed E-state index contributed by atoms with van der Waals surface area (Å²) in [7, 11) is -3.30. The lowest BCUT2D eigenvalue weighted by atomic mass is 10.1. The topological polar surface area (TPSA) is 54.5 Å². The van der Waals surface area contributed by atoms with Crippen molar-refractivity contribution in [3.8, 4) is 0 Å². The molecular formula is C17H17ClFNO3S2. The predicted molar refractivity (Wildman–Crippen MR) is 97.1 cm³/mol. The monoisotopic (exact) mass is 401 g/mol. The largest absolute Gasteiger partial charge is 0.337 e. The molecule has 0 saturated carbocycles. The van der Waals surface area contributed by atoms with Gasteiger partial charge in [0.15, 0.2) is 9.84 Å². The zero-order chi connectivity index (χ0) is 18.2. The summed E-state index contributed by atoms with van der Waals surface area (Å²) in [5, 5.41) is 1.11. The van der Waals surface area contributed by atoms with E-state index < -0.39 is 26.9 Å². The Hall–Kier alpha value is -1.44. The Morgan fingerprint density at radius 1 is 1.40 bits per heavy atom. The highest BCUT2D eigenvalue weighted by atomic mass is 35.5. The number of amides is 1. The van der Waals surface area contributed by atoms with Gasteiger partial charge in [0, 0.05) is 17.5 Å². The van der Waals surface area contributed by atoms with Gasteiger partial charge >= 0.3 is 0 Å². The van der Waals surface area contributed by atoms with Gasteiger partial charge in [-0.3, -0.25) is 4.79 Å². The van der Waals surface area contributed by atoms with E-state index in [-0.39, 0.29) is 29.6 Å². The molecule has 134 valence electrons. The summed E-state index contributed by atoms with van der Waals surface area (Å²) in [5.74, 6) is -0.787. The zero-order valence-electron chi connectivity index (χ0n) is 13.5. The van der Waals surface area contributed by atoms with E-state index in [1.807, 2.05) is 5.38 Å². The first-order valence-corrected chi connectivity index (χ1v) is 10.7. The van der Waals surface area contributed by atoms with E-state index in [4.69, 9.17) is 11.6 Å². The highest BCUT2D eigenvalue weighted by Crippen LogP contribution is 2.33. The molecule has 8 heteroatoms. The van der Waals surface area contributed by atoms with Crippen LogP contribution in [0.4, 0.5) is 4.39 Å². The van der Waals surface area contributed by atoms with Crippen LogP contribution in [0.1, 0.15) is 22.6 Å². The van der Waals surface area contributed by atoms with E-state index in [1.165, 1.54) is 29.5 Å². The third kappa shape index (κ3) is 3.88. The quantitative estimate of drug-likeness (QED) is 0.791. The van der Waals surface area contributed by atoms with Crippen LogP contribution in [0.15, 0.2) is 35.7 Å². The third-order valence-electron chi connectivity index (χ3n) is 4.32. The summed E-state index contributed by atoms with van der Waals surface area (Å²) >= 11 is 7.14. The molecule has 1 aromatic heterocycles. The molecule has 2 aromatic rings. The van der Waals surface area contributed by atoms with Crippen LogP contribution in [0.2, 0.25) is 5.02 Å². The Labute approximate surface area is 155 Å². The minimum Gasteiger partial charge on any atom is -0.337 e. The van der Waals surface area contributed by atoms with Crippen LogP contribution in [0.25, 0.3) is 0 Å². The Morgan fingerprint density at radius 3 is 2.80 bits per heavy atom. The Balaban J connectivity index is 1.80. The van der Waals surface area contributed by atoms with Crippen LogP contribution in [0.5, 0.6) is 0 Å².